The van der Waals surface area contributed by atoms with Gasteiger partial charge >= 0.3 is 5.51 Å². The van der Waals surface area contributed by atoms with Gasteiger partial charge in [-0.05, 0) is 11.0 Å². The highest BCUT2D eigenvalue weighted by atomic mass is 32.2. The Morgan fingerprint density at radius 2 is 1.04 bits per heavy atom. The number of halogens is 4. The quantitative estimate of drug-likeness (QED) is 0.352. The lowest BCUT2D eigenvalue weighted by Crippen LogP contribution is -2.44. The lowest BCUT2D eigenvalue weighted by atomic mass is 9.80. The summed E-state index contributed by atoms with van der Waals surface area (Å²) in [7, 11) is -6.09. The molecule has 0 N–H and O–H groups in total. The topological polar surface area (TPSA) is 61.1 Å². The van der Waals surface area contributed by atoms with Crippen molar-refractivity contribution in [3.05, 3.63) is 29.1 Å². The molecule has 1 rings (SSSR count). The highest BCUT2D eigenvalue weighted by molar-refractivity contribution is 7.86. The maximum Gasteiger partial charge on any atom is 0.485 e. The number of pyridine rings is 1. The van der Waals surface area contributed by atoms with Crippen LogP contribution in [-0.2, 0) is 26.4 Å². The van der Waals surface area contributed by atoms with Gasteiger partial charge in [0.05, 0.1) is 15.3 Å². The summed E-state index contributed by atoms with van der Waals surface area (Å²) < 4.78 is 73.7. The normalized spacial score (nSPS) is 13.9. The lowest BCUT2D eigenvalue weighted by Gasteiger charge is -2.24. The molecule has 27 heavy (non-hydrogen) atoms. The summed E-state index contributed by atoms with van der Waals surface area (Å²) in [5, 5.41) is 0. The van der Waals surface area contributed by atoms with Crippen LogP contribution in [0.5, 0.6) is 0 Å². The molecule has 158 valence electrons. The van der Waals surface area contributed by atoms with Crippen LogP contribution in [0, 0.1) is 0 Å². The van der Waals surface area contributed by atoms with E-state index in [9.17, 15) is 17.7 Å². The Balaban J connectivity index is 0.000000713. The highest BCUT2D eigenvalue weighted by Crippen LogP contribution is 2.31. The molecule has 0 fully saturated rings. The molecule has 1 heterocycles. The standard InChI is InChI=1S/C17H29FN.CHF3O3S/c1-15(2,3)12-10-13(16(4,5)6)19(18)14(11-12)17(7,8)9;2-1(3,4)8(5,6)7/h10-11H,1-9H3;(H,5,6,7)/q+1;/p-1. The van der Waals surface area contributed by atoms with Crippen molar-refractivity contribution in [2.24, 2.45) is 0 Å². The predicted octanol–water partition coefficient (Wildman–Crippen LogP) is 4.65. The van der Waals surface area contributed by atoms with E-state index >= 15 is 0 Å². The number of aromatic nitrogens is 1. The average molecular weight is 415 g/mol. The van der Waals surface area contributed by atoms with Gasteiger partial charge in [-0.3, -0.25) is 0 Å². The summed E-state index contributed by atoms with van der Waals surface area (Å²) >= 11 is 0. The Labute approximate surface area is 159 Å². The van der Waals surface area contributed by atoms with Gasteiger partial charge < -0.3 is 4.55 Å². The van der Waals surface area contributed by atoms with Crippen LogP contribution in [0.3, 0.4) is 0 Å². The van der Waals surface area contributed by atoms with Crippen molar-refractivity contribution in [3.8, 4) is 0 Å². The summed E-state index contributed by atoms with van der Waals surface area (Å²) in [5.74, 6) is 0. The number of hydrogen-bond acceptors (Lipinski definition) is 3. The first-order valence-electron chi connectivity index (χ1n) is 8.29. The maximum absolute atomic E-state index is 14.7. The Hall–Kier alpha value is -1.22. The molecular weight excluding hydrogens is 386 g/mol. The molecule has 0 amide bonds. The SMILES string of the molecule is CC(C)(C)c1cc(C(C)(C)C)[n+](F)c(C(C)(C)C)c1.O=S(=O)([O-])C(F)(F)F. The fraction of sp³-hybridized carbons (Fsp3) is 0.722. The molecule has 0 unspecified atom stereocenters. The summed E-state index contributed by atoms with van der Waals surface area (Å²) in [5.41, 5.74) is -3.38. The van der Waals surface area contributed by atoms with Gasteiger partial charge in [0.25, 0.3) is 0 Å². The van der Waals surface area contributed by atoms with Gasteiger partial charge in [-0.25, -0.2) is 8.42 Å². The summed E-state index contributed by atoms with van der Waals surface area (Å²) in [6.45, 7) is 18.8. The van der Waals surface area contributed by atoms with Crippen LogP contribution in [0.1, 0.15) is 79.3 Å². The van der Waals surface area contributed by atoms with Gasteiger partial charge in [0.15, 0.2) is 10.1 Å². The molecule has 0 aliphatic heterocycles. The van der Waals surface area contributed by atoms with Crippen molar-refractivity contribution < 1.29 is 35.4 Å². The monoisotopic (exact) mass is 415 g/mol. The summed E-state index contributed by atoms with van der Waals surface area (Å²) in [6, 6.07) is 4.02. The van der Waals surface area contributed by atoms with Crippen molar-refractivity contribution in [2.45, 2.75) is 84.1 Å². The zero-order valence-corrected chi connectivity index (χ0v) is 18.1. The maximum atomic E-state index is 14.7. The van der Waals surface area contributed by atoms with Crippen LogP contribution < -0.4 is 4.79 Å². The molecule has 0 aromatic carbocycles. The minimum absolute atomic E-state index is 0.0221. The second kappa shape index (κ2) is 7.66. The fourth-order valence-electron chi connectivity index (χ4n) is 2.03. The van der Waals surface area contributed by atoms with E-state index in [0.717, 1.165) is 16.2 Å². The molecule has 0 radical (unpaired) electrons. The van der Waals surface area contributed by atoms with E-state index in [1.165, 1.54) is 5.56 Å². The first-order valence-corrected chi connectivity index (χ1v) is 9.70. The zero-order chi connectivity index (χ0) is 22.2. The molecular formula is C18H29F4NO3S. The number of alkyl halides is 3. The molecule has 0 saturated carbocycles. The van der Waals surface area contributed by atoms with Crippen LogP contribution in [0.25, 0.3) is 0 Å². The van der Waals surface area contributed by atoms with E-state index in [2.05, 4.69) is 62.3 Å². The van der Waals surface area contributed by atoms with E-state index in [4.69, 9.17) is 13.0 Å². The molecule has 0 aliphatic carbocycles. The van der Waals surface area contributed by atoms with Crippen molar-refractivity contribution in [1.82, 2.24) is 0 Å². The first kappa shape index (κ1) is 25.8. The Bertz CT molecular complexity index is 731. The second-order valence-corrected chi connectivity index (χ2v) is 10.8. The molecule has 0 spiro atoms. The molecule has 0 atom stereocenters. The lowest BCUT2D eigenvalue weighted by molar-refractivity contribution is -0.859. The van der Waals surface area contributed by atoms with Crippen molar-refractivity contribution in [2.75, 3.05) is 0 Å². The fourth-order valence-corrected chi connectivity index (χ4v) is 2.03. The first-order chi connectivity index (χ1) is 11.5. The smallest absolute Gasteiger partial charge is 0.485 e. The Morgan fingerprint density at radius 1 is 0.778 bits per heavy atom. The second-order valence-electron chi connectivity index (χ2n) is 9.45. The predicted molar refractivity (Wildman–Crippen MR) is 95.0 cm³/mol. The molecule has 1 aromatic rings. The minimum Gasteiger partial charge on any atom is -0.741 e. The average Bonchev–Trinajstić information content (AvgIpc) is 2.32. The van der Waals surface area contributed by atoms with E-state index in [1.807, 2.05) is 12.1 Å². The zero-order valence-electron chi connectivity index (χ0n) is 17.2. The minimum atomic E-state index is -6.09. The van der Waals surface area contributed by atoms with Crippen LogP contribution in [-0.4, -0.2) is 18.5 Å². The van der Waals surface area contributed by atoms with Crippen LogP contribution in [0.4, 0.5) is 17.7 Å². The van der Waals surface area contributed by atoms with E-state index in [1.54, 1.807) is 0 Å². The highest BCUT2D eigenvalue weighted by Gasteiger charge is 2.37. The Morgan fingerprint density at radius 3 is 1.19 bits per heavy atom. The van der Waals surface area contributed by atoms with Gasteiger partial charge in [-0.1, -0.05) is 62.3 Å². The summed E-state index contributed by atoms with van der Waals surface area (Å²) in [4.78, 5) is 0.884. The third-order valence-corrected chi connectivity index (χ3v) is 4.26. The van der Waals surface area contributed by atoms with Gasteiger partial charge in [0.2, 0.25) is 11.4 Å². The number of rotatable bonds is 0. The van der Waals surface area contributed by atoms with E-state index in [0.29, 0.717) is 0 Å². The third-order valence-electron chi connectivity index (χ3n) is 3.69. The molecule has 1 aromatic heterocycles. The van der Waals surface area contributed by atoms with Gasteiger partial charge in [0, 0.05) is 16.9 Å². The van der Waals surface area contributed by atoms with Crippen LogP contribution in [0.15, 0.2) is 12.1 Å². The van der Waals surface area contributed by atoms with Crippen molar-refractivity contribution in [1.29, 1.82) is 0 Å². The molecule has 9 heteroatoms. The van der Waals surface area contributed by atoms with Crippen LogP contribution >= 0.6 is 0 Å². The molecule has 4 nitrogen and oxygen atoms in total. The van der Waals surface area contributed by atoms with Gasteiger partial charge in [-0.2, -0.15) is 13.2 Å². The van der Waals surface area contributed by atoms with Gasteiger partial charge in [0.1, 0.15) is 0 Å². The van der Waals surface area contributed by atoms with Gasteiger partial charge in [-0.15, -0.1) is 0 Å². The van der Waals surface area contributed by atoms with E-state index in [-0.39, 0.29) is 16.2 Å². The largest absolute Gasteiger partial charge is 0.741 e. The molecule has 0 saturated heterocycles. The number of hydrogen-bond donors (Lipinski definition) is 0. The Kier molecular flexibility index (Phi) is 7.31. The molecule has 0 bridgehead atoms. The third kappa shape index (κ3) is 7.37. The van der Waals surface area contributed by atoms with Crippen LogP contribution in [0.2, 0.25) is 0 Å². The number of nitrogens with zero attached hydrogens (tertiary/aromatic N) is 1. The molecule has 0 aliphatic rings. The summed E-state index contributed by atoms with van der Waals surface area (Å²) in [6.07, 6.45) is 0. The van der Waals surface area contributed by atoms with Crippen molar-refractivity contribution in [3.63, 3.8) is 0 Å². The van der Waals surface area contributed by atoms with Crippen molar-refractivity contribution >= 4 is 10.1 Å². The van der Waals surface area contributed by atoms with E-state index < -0.39 is 15.6 Å².